The van der Waals surface area contributed by atoms with E-state index in [-0.39, 0.29) is 5.12 Å². The summed E-state index contributed by atoms with van der Waals surface area (Å²) in [6.07, 6.45) is 0. The highest BCUT2D eigenvalue weighted by Gasteiger charge is 2.33. The average molecular weight is 371 g/mol. The number of esters is 1. The molecule has 1 aromatic heterocycles. The van der Waals surface area contributed by atoms with E-state index < -0.39 is 11.6 Å². The summed E-state index contributed by atoms with van der Waals surface area (Å²) in [5.41, 5.74) is 0.651. The van der Waals surface area contributed by atoms with E-state index in [2.05, 4.69) is 0 Å². The van der Waals surface area contributed by atoms with Crippen molar-refractivity contribution in [2.24, 2.45) is 0 Å². The number of hydrogen-bond donors (Lipinski definition) is 0. The molecule has 0 radical (unpaired) electrons. The molecule has 0 aliphatic heterocycles. The van der Waals surface area contributed by atoms with Crippen molar-refractivity contribution in [3.63, 3.8) is 0 Å². The van der Waals surface area contributed by atoms with E-state index in [1.807, 2.05) is 53.1 Å². The number of rotatable bonds is 2. The third kappa shape index (κ3) is 3.32. The normalized spacial score (nSPS) is 11.6. The van der Waals surface area contributed by atoms with E-state index in [4.69, 9.17) is 17.0 Å². The third-order valence-electron chi connectivity index (χ3n) is 3.83. The van der Waals surface area contributed by atoms with Crippen LogP contribution in [-0.2, 0) is 14.3 Å². The molecule has 6 heteroatoms. The highest BCUT2D eigenvalue weighted by atomic mass is 32.2. The highest BCUT2D eigenvalue weighted by Crippen LogP contribution is 2.31. The third-order valence-corrected chi connectivity index (χ3v) is 5.30. The zero-order valence-electron chi connectivity index (χ0n) is 14.1. The summed E-state index contributed by atoms with van der Waals surface area (Å²) in [4.78, 5) is 23.8. The second kappa shape index (κ2) is 6.61. The largest absolute Gasteiger partial charge is 0.451 e. The molecule has 0 saturated carbocycles. The Bertz CT molecular complexity index is 951. The summed E-state index contributed by atoms with van der Waals surface area (Å²) in [5.74, 6) is -0.498. The fourth-order valence-corrected chi connectivity index (χ4v) is 3.93. The molecule has 4 nitrogen and oxygen atoms in total. The Kier molecular flexibility index (Phi) is 4.67. The Hall–Kier alpha value is -2.18. The van der Waals surface area contributed by atoms with E-state index in [0.29, 0.717) is 4.32 Å². The lowest BCUT2D eigenvalue weighted by atomic mass is 10.2. The molecular formula is C19H17NO3S2. The van der Waals surface area contributed by atoms with E-state index in [0.717, 1.165) is 33.6 Å². The number of thioether (sulfide) groups is 1. The first-order valence-corrected chi connectivity index (χ1v) is 8.98. The van der Waals surface area contributed by atoms with Gasteiger partial charge in [0.2, 0.25) is 5.12 Å². The van der Waals surface area contributed by atoms with Crippen molar-refractivity contribution in [3.05, 3.63) is 48.5 Å². The van der Waals surface area contributed by atoms with Crippen molar-refractivity contribution in [2.75, 3.05) is 0 Å². The quantitative estimate of drug-likeness (QED) is 0.489. The molecule has 0 bridgehead atoms. The number of ether oxygens (including phenoxy) is 1. The summed E-state index contributed by atoms with van der Waals surface area (Å²) in [7, 11) is 0. The number of para-hydroxylation sites is 2. The molecular weight excluding hydrogens is 354 g/mol. The van der Waals surface area contributed by atoms with Gasteiger partial charge in [-0.25, -0.2) is 0 Å². The number of benzene rings is 2. The second-order valence-corrected chi connectivity index (χ2v) is 7.74. The minimum atomic E-state index is -1.24. The van der Waals surface area contributed by atoms with Gasteiger partial charge >= 0.3 is 5.97 Å². The molecule has 0 amide bonds. The molecule has 0 saturated heterocycles. The van der Waals surface area contributed by atoms with Crippen molar-refractivity contribution >= 4 is 61.2 Å². The van der Waals surface area contributed by atoms with Gasteiger partial charge in [-0.1, -0.05) is 48.6 Å². The van der Waals surface area contributed by atoms with Gasteiger partial charge in [-0.3, -0.25) is 14.2 Å². The standard InChI is InChI=1S/C19H17NO3S2/c1-12(21)23-19(2,3)17(22)25-18(24)20-15-10-6-4-8-13(15)14-9-5-7-11-16(14)20/h4-11H,1-3H3. The van der Waals surface area contributed by atoms with Crippen molar-refractivity contribution in [3.8, 4) is 0 Å². The van der Waals surface area contributed by atoms with Gasteiger partial charge in [-0.2, -0.15) is 0 Å². The fraction of sp³-hybridized carbons (Fsp3) is 0.211. The van der Waals surface area contributed by atoms with E-state index in [1.165, 1.54) is 6.92 Å². The average Bonchev–Trinajstić information content (AvgIpc) is 2.88. The van der Waals surface area contributed by atoms with Crippen molar-refractivity contribution in [1.29, 1.82) is 0 Å². The minimum absolute atomic E-state index is 0.311. The summed E-state index contributed by atoms with van der Waals surface area (Å²) in [6.45, 7) is 4.42. The van der Waals surface area contributed by atoms with Crippen LogP contribution in [-0.4, -0.2) is 25.6 Å². The maximum atomic E-state index is 12.6. The number of carbonyl (C=O) groups is 2. The van der Waals surface area contributed by atoms with Crippen LogP contribution in [0, 0.1) is 0 Å². The summed E-state index contributed by atoms with van der Waals surface area (Å²) < 4.78 is 7.41. The molecule has 2 aromatic carbocycles. The molecule has 25 heavy (non-hydrogen) atoms. The second-order valence-electron chi connectivity index (χ2n) is 6.13. The number of thiocarbonyl (C=S) groups is 1. The van der Waals surface area contributed by atoms with Gasteiger partial charge in [0.25, 0.3) is 0 Å². The van der Waals surface area contributed by atoms with Crippen LogP contribution in [0.25, 0.3) is 21.8 Å². The fourth-order valence-electron chi connectivity index (χ4n) is 2.77. The van der Waals surface area contributed by atoms with Crippen LogP contribution in [0.2, 0.25) is 0 Å². The van der Waals surface area contributed by atoms with Gasteiger partial charge in [0.1, 0.15) is 0 Å². The molecule has 128 valence electrons. The smallest absolute Gasteiger partial charge is 0.303 e. The van der Waals surface area contributed by atoms with Gasteiger partial charge in [-0.15, -0.1) is 0 Å². The van der Waals surface area contributed by atoms with E-state index >= 15 is 0 Å². The number of nitrogens with zero attached hydrogens (tertiary/aromatic N) is 1. The number of aromatic nitrogens is 1. The first kappa shape index (κ1) is 17.6. The SMILES string of the molecule is CC(=O)OC(C)(C)C(=O)SC(=S)n1c2ccccc2c2ccccc21. The van der Waals surface area contributed by atoms with Crippen molar-refractivity contribution in [1.82, 2.24) is 4.57 Å². The predicted molar refractivity (Wildman–Crippen MR) is 106 cm³/mol. The van der Waals surface area contributed by atoms with Crippen LogP contribution in [0.1, 0.15) is 20.8 Å². The van der Waals surface area contributed by atoms with Crippen molar-refractivity contribution < 1.29 is 14.3 Å². The maximum Gasteiger partial charge on any atom is 0.303 e. The Balaban J connectivity index is 2.02. The Morgan fingerprint density at radius 1 is 1.00 bits per heavy atom. The monoisotopic (exact) mass is 371 g/mol. The number of carbonyl (C=O) groups excluding carboxylic acids is 2. The molecule has 0 unspecified atom stereocenters. The maximum absolute atomic E-state index is 12.6. The Morgan fingerprint density at radius 2 is 1.48 bits per heavy atom. The lowest BCUT2D eigenvalue weighted by molar-refractivity contribution is -0.158. The van der Waals surface area contributed by atoms with Crippen LogP contribution in [0.15, 0.2) is 48.5 Å². The highest BCUT2D eigenvalue weighted by molar-refractivity contribution is 8.33. The van der Waals surface area contributed by atoms with Crippen LogP contribution in [0.4, 0.5) is 0 Å². The van der Waals surface area contributed by atoms with Gasteiger partial charge in [0, 0.05) is 17.7 Å². The Morgan fingerprint density at radius 3 is 1.96 bits per heavy atom. The van der Waals surface area contributed by atoms with E-state index in [9.17, 15) is 9.59 Å². The molecule has 0 atom stereocenters. The molecule has 0 aliphatic rings. The Labute approximate surface area is 155 Å². The van der Waals surface area contributed by atoms with Crippen molar-refractivity contribution in [2.45, 2.75) is 26.4 Å². The minimum Gasteiger partial charge on any atom is -0.451 e. The number of fused-ring (bicyclic) bond motifs is 3. The summed E-state index contributed by atoms with van der Waals surface area (Å²) in [6, 6.07) is 15.9. The van der Waals surface area contributed by atoms with Crippen LogP contribution in [0.5, 0.6) is 0 Å². The number of hydrogen-bond acceptors (Lipinski definition) is 5. The van der Waals surface area contributed by atoms with Gasteiger partial charge < -0.3 is 4.74 Å². The van der Waals surface area contributed by atoms with Gasteiger partial charge in [0.05, 0.1) is 11.0 Å². The molecule has 0 N–H and O–H groups in total. The zero-order chi connectivity index (χ0) is 18.2. The first-order chi connectivity index (χ1) is 11.8. The van der Waals surface area contributed by atoms with Crippen LogP contribution in [0.3, 0.4) is 0 Å². The molecule has 3 rings (SSSR count). The molecule has 0 spiro atoms. The lowest BCUT2D eigenvalue weighted by Gasteiger charge is -2.22. The van der Waals surface area contributed by atoms with Gasteiger partial charge in [-0.05, 0) is 37.7 Å². The molecule has 3 aromatic rings. The van der Waals surface area contributed by atoms with Crippen LogP contribution < -0.4 is 0 Å². The zero-order valence-corrected chi connectivity index (χ0v) is 15.7. The topological polar surface area (TPSA) is 48.3 Å². The van der Waals surface area contributed by atoms with Gasteiger partial charge in [0.15, 0.2) is 9.92 Å². The molecule has 1 heterocycles. The van der Waals surface area contributed by atoms with Crippen LogP contribution >= 0.6 is 24.0 Å². The predicted octanol–water partition coefficient (Wildman–Crippen LogP) is 4.53. The molecule has 0 fully saturated rings. The first-order valence-electron chi connectivity index (χ1n) is 7.75. The molecule has 0 aliphatic carbocycles. The van der Waals surface area contributed by atoms with E-state index in [1.54, 1.807) is 13.8 Å². The lowest BCUT2D eigenvalue weighted by Crippen LogP contribution is -2.35. The summed E-state index contributed by atoms with van der Waals surface area (Å²) in [5, 5.41) is 1.84. The summed E-state index contributed by atoms with van der Waals surface area (Å²) >= 11 is 6.47.